The Morgan fingerprint density at radius 3 is 2.43 bits per heavy atom. The molecule has 0 saturated carbocycles. The molecule has 1 fully saturated rings. The molecular formula is C20H20N2O7S. The van der Waals surface area contributed by atoms with E-state index in [9.17, 15) is 14.4 Å². The van der Waals surface area contributed by atoms with Crippen molar-refractivity contribution < 1.29 is 33.0 Å². The Morgan fingerprint density at radius 2 is 1.87 bits per heavy atom. The number of methoxy groups -OCH3 is 3. The third-order valence-electron chi connectivity index (χ3n) is 4.20. The van der Waals surface area contributed by atoms with E-state index in [0.29, 0.717) is 28.6 Å². The number of hydrogen-bond donors (Lipinski definition) is 1. The minimum Gasteiger partial charge on any atom is -0.493 e. The topological polar surface area (TPSA) is 107 Å². The molecule has 10 heteroatoms. The van der Waals surface area contributed by atoms with Crippen LogP contribution >= 0.6 is 11.8 Å². The van der Waals surface area contributed by atoms with E-state index >= 15 is 0 Å². The fraction of sp³-hybridized carbons (Fsp3) is 0.250. The van der Waals surface area contributed by atoms with Gasteiger partial charge in [0.2, 0.25) is 11.7 Å². The molecule has 0 aliphatic carbocycles. The number of rotatable bonds is 8. The van der Waals surface area contributed by atoms with Gasteiger partial charge in [0, 0.05) is 0 Å². The maximum atomic E-state index is 12.7. The van der Waals surface area contributed by atoms with Gasteiger partial charge in [-0.3, -0.25) is 19.3 Å². The lowest BCUT2D eigenvalue weighted by atomic mass is 10.1. The van der Waals surface area contributed by atoms with E-state index in [0.717, 1.165) is 16.7 Å². The summed E-state index contributed by atoms with van der Waals surface area (Å²) in [6.45, 7) is -0.207. The number of furan rings is 1. The molecule has 0 atom stereocenters. The van der Waals surface area contributed by atoms with Crippen molar-refractivity contribution in [1.29, 1.82) is 0 Å². The molecule has 3 amide bonds. The number of nitrogens with zero attached hydrogens (tertiary/aromatic N) is 1. The predicted molar refractivity (Wildman–Crippen MR) is 109 cm³/mol. The van der Waals surface area contributed by atoms with Gasteiger partial charge in [-0.15, -0.1) is 0 Å². The molecule has 1 N–H and O–H groups in total. The molecule has 30 heavy (non-hydrogen) atoms. The van der Waals surface area contributed by atoms with E-state index < -0.39 is 17.1 Å². The third kappa shape index (κ3) is 4.60. The van der Waals surface area contributed by atoms with Gasteiger partial charge in [-0.2, -0.15) is 0 Å². The van der Waals surface area contributed by atoms with Crippen LogP contribution in [-0.4, -0.2) is 49.8 Å². The van der Waals surface area contributed by atoms with Crippen molar-refractivity contribution in [3.05, 3.63) is 46.8 Å². The predicted octanol–water partition coefficient (Wildman–Crippen LogP) is 2.66. The highest BCUT2D eigenvalue weighted by molar-refractivity contribution is 8.18. The van der Waals surface area contributed by atoms with Gasteiger partial charge in [0.05, 0.1) is 39.0 Å². The molecule has 0 bridgehead atoms. The van der Waals surface area contributed by atoms with Crippen molar-refractivity contribution in [2.75, 3.05) is 27.9 Å². The van der Waals surface area contributed by atoms with Crippen LogP contribution in [0.5, 0.6) is 17.2 Å². The Balaban J connectivity index is 1.73. The Labute approximate surface area is 176 Å². The summed E-state index contributed by atoms with van der Waals surface area (Å²) in [5, 5.41) is 2.08. The Kier molecular flexibility index (Phi) is 6.68. The zero-order chi connectivity index (χ0) is 21.7. The molecule has 2 aromatic rings. The lowest BCUT2D eigenvalue weighted by Gasteiger charge is -2.13. The van der Waals surface area contributed by atoms with Crippen LogP contribution in [0.4, 0.5) is 4.79 Å². The third-order valence-corrected chi connectivity index (χ3v) is 5.11. The zero-order valence-corrected chi connectivity index (χ0v) is 17.4. The van der Waals surface area contributed by atoms with Crippen LogP contribution in [0.2, 0.25) is 0 Å². The Hall–Kier alpha value is -3.40. The van der Waals surface area contributed by atoms with Crippen LogP contribution in [0.1, 0.15) is 11.3 Å². The first-order valence-electron chi connectivity index (χ1n) is 8.81. The van der Waals surface area contributed by atoms with Gasteiger partial charge in [0.15, 0.2) is 11.5 Å². The fourth-order valence-electron chi connectivity index (χ4n) is 2.77. The summed E-state index contributed by atoms with van der Waals surface area (Å²) in [7, 11) is 4.45. The molecule has 9 nitrogen and oxygen atoms in total. The number of benzene rings is 1. The summed E-state index contributed by atoms with van der Waals surface area (Å²) in [5.41, 5.74) is 0.581. The number of thioether (sulfide) groups is 1. The highest BCUT2D eigenvalue weighted by atomic mass is 32.2. The van der Waals surface area contributed by atoms with Crippen molar-refractivity contribution in [2.24, 2.45) is 0 Å². The first-order chi connectivity index (χ1) is 14.5. The van der Waals surface area contributed by atoms with Gasteiger partial charge in [0.25, 0.3) is 11.1 Å². The van der Waals surface area contributed by atoms with Crippen molar-refractivity contribution in [3.8, 4) is 17.2 Å². The molecule has 0 radical (unpaired) electrons. The van der Waals surface area contributed by atoms with Crippen LogP contribution in [0, 0.1) is 0 Å². The molecule has 3 rings (SSSR count). The second kappa shape index (κ2) is 9.40. The van der Waals surface area contributed by atoms with Gasteiger partial charge in [-0.05, 0) is 47.7 Å². The zero-order valence-electron chi connectivity index (χ0n) is 16.6. The second-order valence-corrected chi connectivity index (χ2v) is 7.08. The normalized spacial score (nSPS) is 14.9. The molecule has 0 spiro atoms. The molecule has 2 heterocycles. The monoisotopic (exact) mass is 432 g/mol. The van der Waals surface area contributed by atoms with Crippen molar-refractivity contribution >= 4 is 34.9 Å². The van der Waals surface area contributed by atoms with E-state index in [2.05, 4.69) is 5.32 Å². The molecule has 1 aromatic carbocycles. The van der Waals surface area contributed by atoms with E-state index in [4.69, 9.17) is 18.6 Å². The van der Waals surface area contributed by atoms with Crippen LogP contribution < -0.4 is 19.5 Å². The average Bonchev–Trinajstić information content (AvgIpc) is 3.35. The van der Waals surface area contributed by atoms with Gasteiger partial charge in [-0.25, -0.2) is 0 Å². The van der Waals surface area contributed by atoms with Crippen molar-refractivity contribution in [2.45, 2.75) is 6.54 Å². The fourth-order valence-corrected chi connectivity index (χ4v) is 3.61. The first-order valence-corrected chi connectivity index (χ1v) is 9.63. The van der Waals surface area contributed by atoms with Crippen molar-refractivity contribution in [3.63, 3.8) is 0 Å². The van der Waals surface area contributed by atoms with Crippen LogP contribution in [-0.2, 0) is 16.1 Å². The number of hydrogen-bond acceptors (Lipinski definition) is 8. The number of carbonyl (C=O) groups excluding carboxylic acids is 3. The van der Waals surface area contributed by atoms with Crippen molar-refractivity contribution in [1.82, 2.24) is 10.2 Å². The molecule has 158 valence electrons. The first kappa shape index (κ1) is 21.3. The standard InChI is InChI=1S/C20H20N2O7S/c1-26-14-7-12(8-15(27-2)18(14)28-3)9-16-19(24)22(20(25)30-16)11-17(23)21-10-13-5-4-6-29-13/h4-9H,10-11H2,1-3H3,(H,21,23)/b16-9-. The molecule has 1 aliphatic heterocycles. The highest BCUT2D eigenvalue weighted by Gasteiger charge is 2.36. The van der Waals surface area contributed by atoms with Crippen LogP contribution in [0.3, 0.4) is 0 Å². The summed E-state index contributed by atoms with van der Waals surface area (Å²) in [6.07, 6.45) is 3.03. The summed E-state index contributed by atoms with van der Waals surface area (Å²) in [4.78, 5) is 38.1. The van der Waals surface area contributed by atoms with Gasteiger partial charge in [0.1, 0.15) is 12.3 Å². The van der Waals surface area contributed by atoms with Crippen LogP contribution in [0.25, 0.3) is 6.08 Å². The lowest BCUT2D eigenvalue weighted by molar-refractivity contribution is -0.129. The number of ether oxygens (including phenoxy) is 3. The van der Waals surface area contributed by atoms with E-state index in [1.165, 1.54) is 33.7 Å². The number of nitrogens with one attached hydrogen (secondary N) is 1. The second-order valence-electron chi connectivity index (χ2n) is 6.08. The largest absolute Gasteiger partial charge is 0.493 e. The van der Waals surface area contributed by atoms with Gasteiger partial charge >= 0.3 is 0 Å². The molecule has 0 unspecified atom stereocenters. The van der Waals surface area contributed by atoms with Crippen LogP contribution in [0.15, 0.2) is 39.9 Å². The summed E-state index contributed by atoms with van der Waals surface area (Å²) in [5.74, 6) is 0.798. The summed E-state index contributed by atoms with van der Waals surface area (Å²) >= 11 is 0.758. The highest BCUT2D eigenvalue weighted by Crippen LogP contribution is 2.40. The smallest absolute Gasteiger partial charge is 0.294 e. The summed E-state index contributed by atoms with van der Waals surface area (Å²) < 4.78 is 21.0. The molecule has 1 aliphatic rings. The Morgan fingerprint density at radius 1 is 1.17 bits per heavy atom. The quantitative estimate of drug-likeness (QED) is 0.635. The molecule has 1 aromatic heterocycles. The maximum absolute atomic E-state index is 12.7. The number of imide groups is 1. The minimum atomic E-state index is -0.549. The van der Waals surface area contributed by atoms with Gasteiger partial charge in [-0.1, -0.05) is 0 Å². The molecule has 1 saturated heterocycles. The Bertz CT molecular complexity index is 960. The van der Waals surface area contributed by atoms with E-state index in [1.807, 2.05) is 0 Å². The van der Waals surface area contributed by atoms with Gasteiger partial charge < -0.3 is 23.9 Å². The summed E-state index contributed by atoms with van der Waals surface area (Å²) in [6, 6.07) is 6.73. The molecular weight excluding hydrogens is 412 g/mol. The lowest BCUT2D eigenvalue weighted by Crippen LogP contribution is -2.39. The SMILES string of the molecule is COc1cc(/C=C2\SC(=O)N(CC(=O)NCc3ccco3)C2=O)cc(OC)c1OC. The minimum absolute atomic E-state index is 0.170. The maximum Gasteiger partial charge on any atom is 0.294 e. The van der Waals surface area contributed by atoms with E-state index in [1.54, 1.807) is 24.3 Å². The average molecular weight is 432 g/mol. The van der Waals surface area contributed by atoms with E-state index in [-0.39, 0.29) is 18.0 Å². The number of amides is 3. The number of carbonyl (C=O) groups is 3.